The zero-order valence-electron chi connectivity index (χ0n) is 12.5. The zero-order valence-corrected chi connectivity index (χ0v) is 12.5. The first-order chi connectivity index (χ1) is 10.6. The summed E-state index contributed by atoms with van der Waals surface area (Å²) in [7, 11) is 0. The van der Waals surface area contributed by atoms with Crippen molar-refractivity contribution in [2.24, 2.45) is 0 Å². The molecule has 0 saturated carbocycles. The second-order valence-electron chi connectivity index (χ2n) is 5.18. The van der Waals surface area contributed by atoms with Gasteiger partial charge < -0.3 is 19.6 Å². The average molecular weight is 299 g/mol. The number of nitrogens with zero attached hydrogens (tertiary/aromatic N) is 1. The third-order valence-corrected chi connectivity index (χ3v) is 3.24. The summed E-state index contributed by atoms with van der Waals surface area (Å²) in [6.07, 6.45) is 0. The molecule has 1 amide bonds. The number of benzene rings is 1. The topological polar surface area (TPSA) is 80.2 Å². The van der Waals surface area contributed by atoms with E-state index in [0.29, 0.717) is 18.9 Å². The summed E-state index contributed by atoms with van der Waals surface area (Å²) >= 11 is 0. The molecule has 0 saturated heterocycles. The summed E-state index contributed by atoms with van der Waals surface area (Å²) in [6.45, 7) is 4.19. The van der Waals surface area contributed by atoms with Gasteiger partial charge >= 0.3 is 0 Å². The molecule has 0 atom stereocenters. The lowest BCUT2D eigenvalue weighted by atomic mass is 10.2. The molecule has 6 nitrogen and oxygen atoms in total. The number of fused-ring (bicyclic) bond motifs is 1. The van der Waals surface area contributed by atoms with Crippen molar-refractivity contribution in [3.63, 3.8) is 0 Å². The number of H-pyrrole nitrogens is 1. The first-order valence-electron chi connectivity index (χ1n) is 7.01. The number of aromatic nitrogens is 2. The number of carbonyl (C=O) groups is 1. The lowest BCUT2D eigenvalue weighted by molar-refractivity contribution is -0.119. The maximum absolute atomic E-state index is 10.9. The van der Waals surface area contributed by atoms with Crippen LogP contribution in [0.2, 0.25) is 0 Å². The van der Waals surface area contributed by atoms with Crippen molar-refractivity contribution < 1.29 is 14.1 Å². The van der Waals surface area contributed by atoms with E-state index in [2.05, 4.69) is 15.5 Å². The fraction of sp³-hybridized carbons (Fsp3) is 0.250. The van der Waals surface area contributed by atoms with Gasteiger partial charge in [0.15, 0.2) is 5.76 Å². The molecule has 0 fully saturated rings. The number of amides is 1. The van der Waals surface area contributed by atoms with Gasteiger partial charge in [0.25, 0.3) is 0 Å². The van der Waals surface area contributed by atoms with Crippen molar-refractivity contribution in [2.75, 3.05) is 0 Å². The predicted octanol–water partition coefficient (Wildman–Crippen LogP) is 2.68. The Morgan fingerprint density at radius 2 is 2.23 bits per heavy atom. The van der Waals surface area contributed by atoms with Gasteiger partial charge in [-0.15, -0.1) is 0 Å². The van der Waals surface area contributed by atoms with Crippen LogP contribution < -0.4 is 10.1 Å². The van der Waals surface area contributed by atoms with Crippen LogP contribution in [0.4, 0.5) is 0 Å². The molecular weight excluding hydrogens is 282 g/mol. The Kier molecular flexibility index (Phi) is 3.82. The Balaban J connectivity index is 1.70. The lowest BCUT2D eigenvalue weighted by Gasteiger charge is -2.03. The SMILES string of the molecule is CC(=O)NCc1cc2ccc(OCc3cc(C)no3)cc2[nH]1. The van der Waals surface area contributed by atoms with Crippen LogP contribution in [0.1, 0.15) is 24.1 Å². The number of ether oxygens (including phenoxy) is 1. The van der Waals surface area contributed by atoms with Gasteiger partial charge in [0.2, 0.25) is 5.91 Å². The molecule has 0 spiro atoms. The lowest BCUT2D eigenvalue weighted by Crippen LogP contribution is -2.18. The fourth-order valence-electron chi connectivity index (χ4n) is 2.21. The van der Waals surface area contributed by atoms with E-state index >= 15 is 0 Å². The summed E-state index contributed by atoms with van der Waals surface area (Å²) in [4.78, 5) is 14.2. The van der Waals surface area contributed by atoms with E-state index in [1.807, 2.05) is 37.3 Å². The molecule has 3 rings (SSSR count). The third kappa shape index (κ3) is 3.28. The van der Waals surface area contributed by atoms with Crippen molar-refractivity contribution in [3.8, 4) is 5.75 Å². The maximum atomic E-state index is 10.9. The van der Waals surface area contributed by atoms with Crippen LogP contribution in [-0.4, -0.2) is 16.0 Å². The Bertz CT molecular complexity index is 804. The Hall–Kier alpha value is -2.76. The molecule has 2 N–H and O–H groups in total. The molecule has 1 aromatic carbocycles. The van der Waals surface area contributed by atoms with E-state index in [4.69, 9.17) is 9.26 Å². The summed E-state index contributed by atoms with van der Waals surface area (Å²) < 4.78 is 10.8. The van der Waals surface area contributed by atoms with Gasteiger partial charge in [-0.25, -0.2) is 0 Å². The fourth-order valence-corrected chi connectivity index (χ4v) is 2.21. The molecule has 2 aromatic heterocycles. The highest BCUT2D eigenvalue weighted by Gasteiger charge is 2.05. The van der Waals surface area contributed by atoms with Gasteiger partial charge in [-0.1, -0.05) is 5.16 Å². The van der Waals surface area contributed by atoms with Gasteiger partial charge in [-0.3, -0.25) is 4.79 Å². The molecule has 22 heavy (non-hydrogen) atoms. The van der Waals surface area contributed by atoms with Gasteiger partial charge in [-0.05, 0) is 30.5 Å². The van der Waals surface area contributed by atoms with Crippen LogP contribution in [0.25, 0.3) is 10.9 Å². The van der Waals surface area contributed by atoms with Crippen LogP contribution in [-0.2, 0) is 17.9 Å². The number of rotatable bonds is 5. The Morgan fingerprint density at radius 3 is 2.95 bits per heavy atom. The van der Waals surface area contributed by atoms with Crippen LogP contribution >= 0.6 is 0 Å². The standard InChI is InChI=1S/C16H17N3O3/c1-10-5-15(22-19-10)9-21-14-4-3-12-6-13(8-17-11(2)20)18-16(12)7-14/h3-7,18H,8-9H2,1-2H3,(H,17,20). The highest BCUT2D eigenvalue weighted by atomic mass is 16.5. The minimum absolute atomic E-state index is 0.0509. The second-order valence-corrected chi connectivity index (χ2v) is 5.18. The summed E-state index contributed by atoms with van der Waals surface area (Å²) in [5.41, 5.74) is 2.75. The normalized spacial score (nSPS) is 10.8. The summed E-state index contributed by atoms with van der Waals surface area (Å²) in [5, 5.41) is 7.66. The first-order valence-corrected chi connectivity index (χ1v) is 7.01. The summed E-state index contributed by atoms with van der Waals surface area (Å²) in [5.74, 6) is 1.38. The monoisotopic (exact) mass is 299 g/mol. The maximum Gasteiger partial charge on any atom is 0.217 e. The van der Waals surface area contributed by atoms with Gasteiger partial charge in [-0.2, -0.15) is 0 Å². The molecule has 0 aliphatic rings. The molecule has 6 heteroatoms. The molecule has 0 radical (unpaired) electrons. The summed E-state index contributed by atoms with van der Waals surface area (Å²) in [6, 6.07) is 9.66. The zero-order chi connectivity index (χ0) is 15.5. The molecule has 3 aromatic rings. The molecule has 0 bridgehead atoms. The number of hydrogen-bond donors (Lipinski definition) is 2. The Labute approximate surface area is 127 Å². The van der Waals surface area contributed by atoms with E-state index in [1.54, 1.807) is 0 Å². The predicted molar refractivity (Wildman–Crippen MR) is 81.4 cm³/mol. The van der Waals surface area contributed by atoms with Crippen molar-refractivity contribution in [3.05, 3.63) is 47.5 Å². The molecule has 0 aliphatic carbocycles. The average Bonchev–Trinajstić information content (AvgIpc) is 3.08. The van der Waals surface area contributed by atoms with Crippen LogP contribution in [0, 0.1) is 6.92 Å². The van der Waals surface area contributed by atoms with Crippen LogP contribution in [0.5, 0.6) is 5.75 Å². The number of aryl methyl sites for hydroxylation is 1. The van der Waals surface area contributed by atoms with E-state index < -0.39 is 0 Å². The van der Waals surface area contributed by atoms with Crippen molar-refractivity contribution >= 4 is 16.8 Å². The number of carbonyl (C=O) groups excluding carboxylic acids is 1. The number of hydrogen-bond acceptors (Lipinski definition) is 4. The minimum Gasteiger partial charge on any atom is -0.485 e. The third-order valence-electron chi connectivity index (χ3n) is 3.24. The van der Waals surface area contributed by atoms with Crippen LogP contribution in [0.3, 0.4) is 0 Å². The van der Waals surface area contributed by atoms with Crippen molar-refractivity contribution in [1.29, 1.82) is 0 Å². The smallest absolute Gasteiger partial charge is 0.217 e. The number of aromatic amines is 1. The van der Waals surface area contributed by atoms with Gasteiger partial charge in [0.05, 0.1) is 12.2 Å². The van der Waals surface area contributed by atoms with Crippen LogP contribution in [0.15, 0.2) is 34.9 Å². The molecule has 114 valence electrons. The van der Waals surface area contributed by atoms with Crippen molar-refractivity contribution in [2.45, 2.75) is 27.0 Å². The van der Waals surface area contributed by atoms with Crippen molar-refractivity contribution in [1.82, 2.24) is 15.5 Å². The molecule has 2 heterocycles. The molecular formula is C16H17N3O3. The Morgan fingerprint density at radius 1 is 1.36 bits per heavy atom. The highest BCUT2D eigenvalue weighted by Crippen LogP contribution is 2.22. The molecule has 0 unspecified atom stereocenters. The quantitative estimate of drug-likeness (QED) is 0.759. The number of nitrogens with one attached hydrogen (secondary N) is 2. The highest BCUT2D eigenvalue weighted by molar-refractivity contribution is 5.82. The minimum atomic E-state index is -0.0509. The van der Waals surface area contributed by atoms with Gasteiger partial charge in [0, 0.05) is 30.3 Å². The van der Waals surface area contributed by atoms with E-state index in [-0.39, 0.29) is 5.91 Å². The first kappa shape index (κ1) is 14.2. The second kappa shape index (κ2) is 5.93. The van der Waals surface area contributed by atoms with E-state index in [0.717, 1.165) is 28.0 Å². The van der Waals surface area contributed by atoms with E-state index in [1.165, 1.54) is 6.92 Å². The van der Waals surface area contributed by atoms with E-state index in [9.17, 15) is 4.79 Å². The van der Waals surface area contributed by atoms with Gasteiger partial charge in [0.1, 0.15) is 12.4 Å². The molecule has 0 aliphatic heterocycles. The largest absolute Gasteiger partial charge is 0.485 e.